The maximum Gasteiger partial charge on any atom is 0.411 e. The van der Waals surface area contributed by atoms with Crippen LogP contribution in [0.5, 0.6) is 0 Å². The number of anilines is 3. The number of carbonyl (C=O) groups is 1. The molecule has 1 aromatic carbocycles. The highest BCUT2D eigenvalue weighted by atomic mass is 19.1. The zero-order valence-corrected chi connectivity index (χ0v) is 12.1. The smallest absolute Gasteiger partial charge is 0.411 e. The molecule has 0 radical (unpaired) electrons. The van der Waals surface area contributed by atoms with Crippen molar-refractivity contribution in [3.63, 3.8) is 0 Å². The highest BCUT2D eigenvalue weighted by molar-refractivity contribution is 5.88. The minimum absolute atomic E-state index is 0.164. The highest BCUT2D eigenvalue weighted by Crippen LogP contribution is 2.19. The van der Waals surface area contributed by atoms with Crippen molar-refractivity contribution in [2.24, 2.45) is 0 Å². The van der Waals surface area contributed by atoms with Crippen LogP contribution >= 0.6 is 0 Å². The Labute approximate surface area is 127 Å². The van der Waals surface area contributed by atoms with Gasteiger partial charge in [-0.1, -0.05) is 12.1 Å². The lowest BCUT2D eigenvalue weighted by Gasteiger charge is -2.10. The average Bonchev–Trinajstić information content (AvgIpc) is 2.48. The number of nitrogen functional groups attached to an aromatic ring is 1. The van der Waals surface area contributed by atoms with E-state index in [1.807, 2.05) is 0 Å². The Morgan fingerprint density at radius 1 is 1.36 bits per heavy atom. The number of aromatic nitrogens is 1. The van der Waals surface area contributed by atoms with Crippen LogP contribution in [0.3, 0.4) is 0 Å². The topological polar surface area (TPSA) is 89.3 Å². The first kappa shape index (κ1) is 15.6. The molecule has 2 aromatic rings. The molecule has 4 N–H and O–H groups in total. The molecule has 0 aliphatic carbocycles. The van der Waals surface area contributed by atoms with Crippen molar-refractivity contribution in [2.75, 3.05) is 23.0 Å². The molecular weight excluding hydrogens is 287 g/mol. The third-order valence-corrected chi connectivity index (χ3v) is 2.80. The fourth-order valence-corrected chi connectivity index (χ4v) is 1.80. The number of carbonyl (C=O) groups excluding carboxylic acids is 1. The Kier molecular flexibility index (Phi) is 5.13. The number of nitrogens with two attached hydrogens (primary N) is 1. The van der Waals surface area contributed by atoms with Gasteiger partial charge in [-0.3, -0.25) is 5.32 Å². The summed E-state index contributed by atoms with van der Waals surface area (Å²) in [5.74, 6) is 0.397. The van der Waals surface area contributed by atoms with Crippen molar-refractivity contribution < 1.29 is 13.9 Å². The van der Waals surface area contributed by atoms with E-state index in [1.165, 1.54) is 12.1 Å². The molecule has 1 heterocycles. The average molecular weight is 304 g/mol. The van der Waals surface area contributed by atoms with Crippen LogP contribution in [0.25, 0.3) is 0 Å². The van der Waals surface area contributed by atoms with Crippen LogP contribution in [-0.4, -0.2) is 17.7 Å². The predicted molar refractivity (Wildman–Crippen MR) is 83.0 cm³/mol. The van der Waals surface area contributed by atoms with Crippen molar-refractivity contribution in [3.8, 4) is 0 Å². The number of hydrogen-bond acceptors (Lipinski definition) is 5. The van der Waals surface area contributed by atoms with Crippen molar-refractivity contribution in [2.45, 2.75) is 13.5 Å². The number of ether oxygens (including phenoxy) is 1. The minimum Gasteiger partial charge on any atom is -0.450 e. The molecule has 0 spiro atoms. The Morgan fingerprint density at radius 3 is 2.86 bits per heavy atom. The molecule has 0 saturated heterocycles. The van der Waals surface area contributed by atoms with Gasteiger partial charge in [-0.05, 0) is 36.8 Å². The number of rotatable bonds is 5. The molecule has 0 fully saturated rings. The summed E-state index contributed by atoms with van der Waals surface area (Å²) >= 11 is 0. The summed E-state index contributed by atoms with van der Waals surface area (Å²) in [5, 5.41) is 5.53. The maximum absolute atomic E-state index is 13.1. The van der Waals surface area contributed by atoms with Crippen LogP contribution in [0.2, 0.25) is 0 Å². The quantitative estimate of drug-likeness (QED) is 0.790. The van der Waals surface area contributed by atoms with E-state index in [1.54, 1.807) is 31.2 Å². The van der Waals surface area contributed by atoms with Gasteiger partial charge in [0.15, 0.2) is 0 Å². The molecule has 116 valence electrons. The number of nitrogens with one attached hydrogen (secondary N) is 2. The summed E-state index contributed by atoms with van der Waals surface area (Å²) in [5.41, 5.74) is 6.93. The Hall–Kier alpha value is -2.83. The van der Waals surface area contributed by atoms with Crippen LogP contribution in [0.4, 0.5) is 26.5 Å². The zero-order chi connectivity index (χ0) is 15.9. The SMILES string of the molecule is CCOC(=O)Nc1ccc(NCc2cccc(F)c2)nc1N. The zero-order valence-electron chi connectivity index (χ0n) is 12.1. The largest absolute Gasteiger partial charge is 0.450 e. The lowest BCUT2D eigenvalue weighted by molar-refractivity contribution is 0.168. The van der Waals surface area contributed by atoms with Crippen LogP contribution in [0.1, 0.15) is 12.5 Å². The molecule has 0 unspecified atom stereocenters. The number of pyridine rings is 1. The first-order valence-corrected chi connectivity index (χ1v) is 6.77. The summed E-state index contributed by atoms with van der Waals surface area (Å²) in [6.07, 6.45) is -0.587. The van der Waals surface area contributed by atoms with Gasteiger partial charge >= 0.3 is 6.09 Å². The molecule has 22 heavy (non-hydrogen) atoms. The third-order valence-electron chi connectivity index (χ3n) is 2.80. The maximum atomic E-state index is 13.1. The number of benzene rings is 1. The Morgan fingerprint density at radius 2 is 2.18 bits per heavy atom. The predicted octanol–water partition coefficient (Wildman–Crippen LogP) is 2.98. The summed E-state index contributed by atoms with van der Waals surface area (Å²) in [6, 6.07) is 9.55. The van der Waals surface area contributed by atoms with Crippen molar-refractivity contribution in [3.05, 3.63) is 47.8 Å². The van der Waals surface area contributed by atoms with Gasteiger partial charge < -0.3 is 15.8 Å². The lowest BCUT2D eigenvalue weighted by Crippen LogP contribution is -2.15. The van der Waals surface area contributed by atoms with Gasteiger partial charge in [0.25, 0.3) is 0 Å². The second-order valence-electron chi connectivity index (χ2n) is 4.46. The van der Waals surface area contributed by atoms with E-state index in [-0.39, 0.29) is 18.2 Å². The molecule has 0 atom stereocenters. The lowest BCUT2D eigenvalue weighted by atomic mass is 10.2. The molecule has 6 nitrogen and oxygen atoms in total. The van der Waals surface area contributed by atoms with Crippen LogP contribution in [-0.2, 0) is 11.3 Å². The van der Waals surface area contributed by atoms with Gasteiger partial charge in [0.1, 0.15) is 17.5 Å². The van der Waals surface area contributed by atoms with Gasteiger partial charge in [0.2, 0.25) is 0 Å². The van der Waals surface area contributed by atoms with E-state index in [4.69, 9.17) is 10.5 Å². The fourth-order valence-electron chi connectivity index (χ4n) is 1.80. The summed E-state index contributed by atoms with van der Waals surface area (Å²) < 4.78 is 17.8. The summed E-state index contributed by atoms with van der Waals surface area (Å²) in [7, 11) is 0. The molecule has 2 rings (SSSR count). The molecule has 1 aromatic heterocycles. The van der Waals surface area contributed by atoms with Gasteiger partial charge in [-0.15, -0.1) is 0 Å². The third kappa shape index (κ3) is 4.34. The molecular formula is C15H17FN4O2. The second kappa shape index (κ2) is 7.26. The van der Waals surface area contributed by atoms with E-state index in [2.05, 4.69) is 15.6 Å². The molecule has 1 amide bonds. The van der Waals surface area contributed by atoms with E-state index < -0.39 is 6.09 Å². The van der Waals surface area contributed by atoms with E-state index in [0.717, 1.165) is 5.56 Å². The standard InChI is InChI=1S/C15H17FN4O2/c1-2-22-15(21)19-12-6-7-13(20-14(12)17)18-9-10-4-3-5-11(16)8-10/h3-8H,2,9H2,1H3,(H,19,21)(H3,17,18,20). The van der Waals surface area contributed by atoms with E-state index >= 15 is 0 Å². The second-order valence-corrected chi connectivity index (χ2v) is 4.46. The van der Waals surface area contributed by atoms with Crippen LogP contribution in [0.15, 0.2) is 36.4 Å². The number of amides is 1. The summed E-state index contributed by atoms with van der Waals surface area (Å²) in [4.78, 5) is 15.5. The van der Waals surface area contributed by atoms with E-state index in [9.17, 15) is 9.18 Å². The first-order chi connectivity index (χ1) is 10.6. The number of hydrogen-bond donors (Lipinski definition) is 3. The van der Waals surface area contributed by atoms with Crippen LogP contribution < -0.4 is 16.4 Å². The Balaban J connectivity index is 1.98. The Bertz CT molecular complexity index is 664. The summed E-state index contributed by atoms with van der Waals surface area (Å²) in [6.45, 7) is 2.39. The fraction of sp³-hybridized carbons (Fsp3) is 0.200. The van der Waals surface area contributed by atoms with Gasteiger partial charge in [-0.2, -0.15) is 0 Å². The van der Waals surface area contributed by atoms with E-state index in [0.29, 0.717) is 18.1 Å². The minimum atomic E-state index is -0.587. The number of halogens is 1. The van der Waals surface area contributed by atoms with Crippen molar-refractivity contribution in [1.82, 2.24) is 4.98 Å². The normalized spacial score (nSPS) is 10.1. The van der Waals surface area contributed by atoms with Gasteiger partial charge in [0, 0.05) is 6.54 Å². The number of nitrogens with zero attached hydrogens (tertiary/aromatic N) is 1. The molecule has 0 bridgehead atoms. The molecule has 7 heteroatoms. The van der Waals surface area contributed by atoms with Gasteiger partial charge in [0.05, 0.1) is 12.3 Å². The molecule has 0 aliphatic rings. The van der Waals surface area contributed by atoms with Crippen molar-refractivity contribution in [1.29, 1.82) is 0 Å². The van der Waals surface area contributed by atoms with Gasteiger partial charge in [-0.25, -0.2) is 14.2 Å². The molecule has 0 saturated carbocycles. The highest BCUT2D eigenvalue weighted by Gasteiger charge is 2.07. The molecule has 0 aliphatic heterocycles. The van der Waals surface area contributed by atoms with Crippen LogP contribution in [0, 0.1) is 5.82 Å². The first-order valence-electron chi connectivity index (χ1n) is 6.77. The monoisotopic (exact) mass is 304 g/mol. The van der Waals surface area contributed by atoms with Crippen molar-refractivity contribution >= 4 is 23.4 Å².